The number of amides is 1. The van der Waals surface area contributed by atoms with Crippen LogP contribution in [0, 0.1) is 5.82 Å². The summed E-state index contributed by atoms with van der Waals surface area (Å²) >= 11 is 0. The average Bonchev–Trinajstić information content (AvgIpc) is 2.59. The van der Waals surface area contributed by atoms with Crippen molar-refractivity contribution in [3.8, 4) is 11.5 Å². The maximum Gasteiger partial charge on any atom is 0.220 e. The van der Waals surface area contributed by atoms with Gasteiger partial charge in [0.2, 0.25) is 5.91 Å². The maximum atomic E-state index is 13.5. The zero-order valence-electron chi connectivity index (χ0n) is 14.8. The Morgan fingerprint density at radius 1 is 1.16 bits per heavy atom. The van der Waals surface area contributed by atoms with Gasteiger partial charge in [0.1, 0.15) is 5.82 Å². The molecule has 0 saturated heterocycles. The summed E-state index contributed by atoms with van der Waals surface area (Å²) < 4.78 is 24.5. The highest BCUT2D eigenvalue weighted by Gasteiger charge is 2.09. The van der Waals surface area contributed by atoms with E-state index in [2.05, 4.69) is 5.32 Å². The second-order valence-electron chi connectivity index (χ2n) is 6.02. The van der Waals surface area contributed by atoms with Crippen molar-refractivity contribution in [1.29, 1.82) is 0 Å². The molecule has 0 heterocycles. The number of hydrogen-bond donors (Lipinski definition) is 1. The summed E-state index contributed by atoms with van der Waals surface area (Å²) in [6, 6.07) is 12.1. The van der Waals surface area contributed by atoms with E-state index in [1.54, 1.807) is 25.3 Å². The smallest absolute Gasteiger partial charge is 0.220 e. The zero-order chi connectivity index (χ0) is 18.2. The highest BCUT2D eigenvalue weighted by Crippen LogP contribution is 2.28. The van der Waals surface area contributed by atoms with Crippen molar-refractivity contribution in [1.82, 2.24) is 5.32 Å². The number of hydrogen-bond acceptors (Lipinski definition) is 3. The van der Waals surface area contributed by atoms with Gasteiger partial charge in [-0.1, -0.05) is 24.3 Å². The largest absolute Gasteiger partial charge is 0.493 e. The lowest BCUT2D eigenvalue weighted by Crippen LogP contribution is -2.23. The van der Waals surface area contributed by atoms with Crippen LogP contribution >= 0.6 is 0 Å². The molecule has 0 radical (unpaired) electrons. The number of benzene rings is 2. The maximum absolute atomic E-state index is 13.5. The van der Waals surface area contributed by atoms with Gasteiger partial charge in [-0.05, 0) is 49.6 Å². The second-order valence-corrected chi connectivity index (χ2v) is 6.02. The number of carbonyl (C=O) groups excluding carboxylic acids is 1. The molecule has 0 aliphatic rings. The second kappa shape index (κ2) is 9.06. The van der Waals surface area contributed by atoms with Crippen molar-refractivity contribution in [2.45, 2.75) is 39.3 Å². The Balaban J connectivity index is 1.88. The summed E-state index contributed by atoms with van der Waals surface area (Å²) in [6.07, 6.45) is 0.674. The minimum absolute atomic E-state index is 0.0536. The molecule has 0 aliphatic heterocycles. The molecular formula is C20H24FNO3. The van der Waals surface area contributed by atoms with E-state index in [1.165, 1.54) is 6.07 Å². The van der Waals surface area contributed by atoms with Crippen LogP contribution in [0.3, 0.4) is 0 Å². The van der Waals surface area contributed by atoms with Crippen molar-refractivity contribution in [2.75, 3.05) is 7.11 Å². The van der Waals surface area contributed by atoms with E-state index in [1.807, 2.05) is 32.0 Å². The predicted molar refractivity (Wildman–Crippen MR) is 95.3 cm³/mol. The fourth-order valence-electron chi connectivity index (χ4n) is 2.41. The van der Waals surface area contributed by atoms with Gasteiger partial charge < -0.3 is 14.8 Å². The Labute approximate surface area is 148 Å². The molecule has 25 heavy (non-hydrogen) atoms. The number of ether oxygens (including phenoxy) is 2. The number of rotatable bonds is 8. The summed E-state index contributed by atoms with van der Waals surface area (Å²) in [5.74, 6) is 0.907. The Hall–Kier alpha value is -2.56. The van der Waals surface area contributed by atoms with Crippen LogP contribution in [0.25, 0.3) is 0 Å². The first-order valence-corrected chi connectivity index (χ1v) is 8.33. The normalized spacial score (nSPS) is 10.6. The molecule has 0 unspecified atom stereocenters. The quantitative estimate of drug-likeness (QED) is 0.790. The van der Waals surface area contributed by atoms with Crippen molar-refractivity contribution >= 4 is 5.91 Å². The molecule has 4 nitrogen and oxygen atoms in total. The van der Waals surface area contributed by atoms with Crippen LogP contribution in [0.15, 0.2) is 42.5 Å². The third-order valence-corrected chi connectivity index (χ3v) is 3.66. The molecule has 1 amide bonds. The van der Waals surface area contributed by atoms with Gasteiger partial charge in [0.15, 0.2) is 11.5 Å². The molecular weight excluding hydrogens is 321 g/mol. The Bertz CT molecular complexity index is 716. The van der Waals surface area contributed by atoms with Gasteiger partial charge in [-0.15, -0.1) is 0 Å². The fraction of sp³-hybridized carbons (Fsp3) is 0.350. The van der Waals surface area contributed by atoms with Crippen LogP contribution in [-0.2, 0) is 17.8 Å². The SMILES string of the molecule is COc1cc(CNC(=O)CCc2ccccc2F)ccc1OC(C)C. The van der Waals surface area contributed by atoms with E-state index in [-0.39, 0.29) is 24.2 Å². The van der Waals surface area contributed by atoms with E-state index in [0.717, 1.165) is 5.56 Å². The van der Waals surface area contributed by atoms with Gasteiger partial charge >= 0.3 is 0 Å². The molecule has 1 N–H and O–H groups in total. The van der Waals surface area contributed by atoms with Gasteiger partial charge in [-0.25, -0.2) is 4.39 Å². The van der Waals surface area contributed by atoms with Crippen LogP contribution in [-0.4, -0.2) is 19.1 Å². The lowest BCUT2D eigenvalue weighted by molar-refractivity contribution is -0.121. The van der Waals surface area contributed by atoms with Crippen LogP contribution in [0.1, 0.15) is 31.4 Å². The van der Waals surface area contributed by atoms with Crippen LogP contribution in [0.4, 0.5) is 4.39 Å². The third-order valence-electron chi connectivity index (χ3n) is 3.66. The van der Waals surface area contributed by atoms with Gasteiger partial charge in [0, 0.05) is 13.0 Å². The van der Waals surface area contributed by atoms with Crippen molar-refractivity contribution in [3.05, 3.63) is 59.4 Å². The van der Waals surface area contributed by atoms with E-state index in [9.17, 15) is 9.18 Å². The van der Waals surface area contributed by atoms with Gasteiger partial charge in [0.05, 0.1) is 13.2 Å². The highest BCUT2D eigenvalue weighted by atomic mass is 19.1. The van der Waals surface area contributed by atoms with Crippen molar-refractivity contribution < 1.29 is 18.7 Å². The summed E-state index contributed by atoms with van der Waals surface area (Å²) in [7, 11) is 1.58. The standard InChI is InChI=1S/C20H24FNO3/c1-14(2)25-18-10-8-15(12-19(18)24-3)13-22-20(23)11-9-16-6-4-5-7-17(16)21/h4-8,10,12,14H,9,11,13H2,1-3H3,(H,22,23). The number of aryl methyl sites for hydroxylation is 1. The molecule has 0 bridgehead atoms. The minimum Gasteiger partial charge on any atom is -0.493 e. The molecule has 0 fully saturated rings. The highest BCUT2D eigenvalue weighted by molar-refractivity contribution is 5.76. The topological polar surface area (TPSA) is 47.6 Å². The van der Waals surface area contributed by atoms with Crippen LogP contribution < -0.4 is 14.8 Å². The molecule has 0 aromatic heterocycles. The molecule has 0 saturated carbocycles. The Kier molecular flexibility index (Phi) is 6.81. The molecule has 134 valence electrons. The van der Waals surface area contributed by atoms with Gasteiger partial charge in [-0.3, -0.25) is 4.79 Å². The number of nitrogens with one attached hydrogen (secondary N) is 1. The number of methoxy groups -OCH3 is 1. The molecule has 0 atom stereocenters. The van der Waals surface area contributed by atoms with E-state index in [4.69, 9.17) is 9.47 Å². The average molecular weight is 345 g/mol. The first-order chi connectivity index (χ1) is 12.0. The lowest BCUT2D eigenvalue weighted by Gasteiger charge is -2.14. The zero-order valence-corrected chi connectivity index (χ0v) is 14.8. The molecule has 5 heteroatoms. The third kappa shape index (κ3) is 5.78. The van der Waals surface area contributed by atoms with Gasteiger partial charge in [0.25, 0.3) is 0 Å². The minimum atomic E-state index is -0.277. The first kappa shape index (κ1) is 18.8. The van der Waals surface area contributed by atoms with Crippen LogP contribution in [0.5, 0.6) is 11.5 Å². The molecule has 2 aromatic rings. The summed E-state index contributed by atoms with van der Waals surface area (Å²) in [5.41, 5.74) is 1.46. The fourth-order valence-corrected chi connectivity index (χ4v) is 2.41. The van der Waals surface area contributed by atoms with E-state index >= 15 is 0 Å². The molecule has 0 aliphatic carbocycles. The number of carbonyl (C=O) groups is 1. The molecule has 0 spiro atoms. The predicted octanol–water partition coefficient (Wildman–Crippen LogP) is 3.87. The number of halogens is 1. The summed E-state index contributed by atoms with van der Waals surface area (Å²) in [5, 5.41) is 2.84. The lowest BCUT2D eigenvalue weighted by atomic mass is 10.1. The monoisotopic (exact) mass is 345 g/mol. The van der Waals surface area contributed by atoms with Gasteiger partial charge in [-0.2, -0.15) is 0 Å². The first-order valence-electron chi connectivity index (χ1n) is 8.33. The Morgan fingerprint density at radius 3 is 2.60 bits per heavy atom. The van der Waals surface area contributed by atoms with Crippen molar-refractivity contribution in [2.24, 2.45) is 0 Å². The summed E-state index contributed by atoms with van der Waals surface area (Å²) in [6.45, 7) is 4.28. The Morgan fingerprint density at radius 2 is 1.92 bits per heavy atom. The van der Waals surface area contributed by atoms with E-state index < -0.39 is 0 Å². The molecule has 2 aromatic carbocycles. The van der Waals surface area contributed by atoms with E-state index in [0.29, 0.717) is 30.0 Å². The molecule has 2 rings (SSSR count). The van der Waals surface area contributed by atoms with Crippen molar-refractivity contribution in [3.63, 3.8) is 0 Å². The summed E-state index contributed by atoms with van der Waals surface area (Å²) in [4.78, 5) is 12.0. The van der Waals surface area contributed by atoms with Crippen LogP contribution in [0.2, 0.25) is 0 Å².